The number of rotatable bonds is 24. The van der Waals surface area contributed by atoms with E-state index in [1.54, 1.807) is 6.07 Å². The number of quaternary nitrogens is 1. The molecule has 2 atom stereocenters. The molecule has 0 spiro atoms. The van der Waals surface area contributed by atoms with E-state index >= 15 is 0 Å². The van der Waals surface area contributed by atoms with Crippen molar-refractivity contribution in [3.63, 3.8) is 0 Å². The van der Waals surface area contributed by atoms with Crippen LogP contribution >= 0.6 is 7.82 Å². The van der Waals surface area contributed by atoms with Gasteiger partial charge in [0.1, 0.15) is 5.69 Å². The molecule has 46 heavy (non-hydrogen) atoms. The highest BCUT2D eigenvalue weighted by atomic mass is 32.2. The van der Waals surface area contributed by atoms with E-state index in [4.69, 9.17) is 4.52 Å². The van der Waals surface area contributed by atoms with Crippen molar-refractivity contribution >= 4 is 29.2 Å². The van der Waals surface area contributed by atoms with Gasteiger partial charge in [0.15, 0.2) is 0 Å². The van der Waals surface area contributed by atoms with E-state index in [0.29, 0.717) is 25.9 Å². The SMILES string of the molecule is CCCCCCCCCC[N+](C)(CCCCCCC)C(Cc1cccc(NS(=O)(=O)C2CCCCCC2)c1[N+](=O)[O-])OP(=O)(O)O. The van der Waals surface area contributed by atoms with Crippen molar-refractivity contribution in [2.45, 2.75) is 154 Å². The fourth-order valence-electron chi connectivity index (χ4n) is 6.64. The van der Waals surface area contributed by atoms with E-state index in [-0.39, 0.29) is 22.2 Å². The Morgan fingerprint density at radius 1 is 0.913 bits per heavy atom. The summed E-state index contributed by atoms with van der Waals surface area (Å²) in [6.07, 6.45) is 17.3. The maximum atomic E-state index is 13.3. The Kier molecular flexibility index (Phi) is 18.3. The Balaban J connectivity index is 2.36. The summed E-state index contributed by atoms with van der Waals surface area (Å²) in [6.45, 7) is 5.55. The summed E-state index contributed by atoms with van der Waals surface area (Å²) >= 11 is 0. The summed E-state index contributed by atoms with van der Waals surface area (Å²) in [5, 5.41) is 11.8. The van der Waals surface area contributed by atoms with Crippen molar-refractivity contribution in [1.29, 1.82) is 0 Å². The second-order valence-corrected chi connectivity index (χ2v) is 16.6. The molecule has 11 nitrogen and oxygen atoms in total. The molecule has 0 heterocycles. The van der Waals surface area contributed by atoms with E-state index in [0.717, 1.165) is 83.5 Å². The normalized spacial score (nSPS) is 16.9. The highest BCUT2D eigenvalue weighted by molar-refractivity contribution is 7.93. The molecule has 1 aliphatic rings. The Bertz CT molecular complexity index is 1190. The number of benzene rings is 1. The third kappa shape index (κ3) is 14.7. The number of nitro benzene ring substituents is 1. The number of nitro groups is 1. The Labute approximate surface area is 277 Å². The molecule has 3 N–H and O–H groups in total. The van der Waals surface area contributed by atoms with Crippen LogP contribution in [0, 0.1) is 10.1 Å². The van der Waals surface area contributed by atoms with Gasteiger partial charge in [-0.3, -0.25) is 14.8 Å². The first-order chi connectivity index (χ1) is 21.8. The smallest absolute Gasteiger partial charge is 0.303 e. The molecule has 0 saturated heterocycles. The van der Waals surface area contributed by atoms with E-state index < -0.39 is 39.9 Å². The van der Waals surface area contributed by atoms with Gasteiger partial charge >= 0.3 is 7.82 Å². The van der Waals surface area contributed by atoms with Crippen molar-refractivity contribution in [3.8, 4) is 0 Å². The number of phosphoric acid groups is 1. The highest BCUT2D eigenvalue weighted by Crippen LogP contribution is 2.42. The molecule has 0 aromatic heterocycles. The molecule has 1 saturated carbocycles. The molecule has 1 aromatic carbocycles. The molecular formula is C33H61N3O8PS+. The summed E-state index contributed by atoms with van der Waals surface area (Å²) in [4.78, 5) is 31.8. The number of nitrogens with zero attached hydrogens (tertiary/aromatic N) is 2. The van der Waals surface area contributed by atoms with Gasteiger partial charge in [-0.15, -0.1) is 0 Å². The highest BCUT2D eigenvalue weighted by Gasteiger charge is 2.40. The molecule has 2 unspecified atom stereocenters. The molecule has 1 aliphatic carbocycles. The minimum Gasteiger partial charge on any atom is -0.303 e. The number of sulfonamides is 1. The molecule has 2 rings (SSSR count). The van der Waals surface area contributed by atoms with E-state index in [1.165, 1.54) is 37.8 Å². The zero-order chi connectivity index (χ0) is 34.1. The van der Waals surface area contributed by atoms with Crippen LogP contribution in [0.15, 0.2) is 18.2 Å². The summed E-state index contributed by atoms with van der Waals surface area (Å²) in [6, 6.07) is 4.46. The van der Waals surface area contributed by atoms with Crippen LogP contribution in [0.1, 0.15) is 141 Å². The number of nitrogens with one attached hydrogen (secondary N) is 1. The van der Waals surface area contributed by atoms with Gasteiger partial charge in [0.05, 0.1) is 36.7 Å². The number of phosphoric ester groups is 1. The van der Waals surface area contributed by atoms with Crippen LogP contribution < -0.4 is 4.72 Å². The molecule has 266 valence electrons. The van der Waals surface area contributed by atoms with Gasteiger partial charge < -0.3 is 14.3 Å². The van der Waals surface area contributed by atoms with E-state index in [1.807, 2.05) is 7.05 Å². The first-order valence-corrected chi connectivity index (χ1v) is 20.8. The number of hydrogen-bond acceptors (Lipinski definition) is 6. The second-order valence-electron chi connectivity index (χ2n) is 13.4. The van der Waals surface area contributed by atoms with Crippen molar-refractivity contribution in [1.82, 2.24) is 0 Å². The zero-order valence-corrected chi connectivity index (χ0v) is 30.2. The van der Waals surface area contributed by atoms with Gasteiger partial charge in [0.2, 0.25) is 16.3 Å². The fraction of sp³-hybridized carbons (Fsp3) is 0.818. The van der Waals surface area contributed by atoms with Gasteiger partial charge in [-0.1, -0.05) is 109 Å². The van der Waals surface area contributed by atoms with Gasteiger partial charge in [0, 0.05) is 5.56 Å². The summed E-state index contributed by atoms with van der Waals surface area (Å²) < 4.78 is 47.2. The molecule has 0 radical (unpaired) electrons. The zero-order valence-electron chi connectivity index (χ0n) is 28.5. The van der Waals surface area contributed by atoms with E-state index in [2.05, 4.69) is 18.6 Å². The lowest BCUT2D eigenvalue weighted by atomic mass is 10.0. The molecule has 1 fully saturated rings. The average molecular weight is 691 g/mol. The maximum Gasteiger partial charge on any atom is 0.474 e. The predicted octanol–water partition coefficient (Wildman–Crippen LogP) is 8.59. The Hall–Kier alpha value is -1.56. The summed E-state index contributed by atoms with van der Waals surface area (Å²) in [7, 11) is -6.92. The lowest BCUT2D eigenvalue weighted by Gasteiger charge is -2.41. The number of unbranched alkanes of at least 4 members (excludes halogenated alkanes) is 11. The van der Waals surface area contributed by atoms with Crippen molar-refractivity contribution in [2.75, 3.05) is 24.9 Å². The first kappa shape index (κ1) is 40.6. The van der Waals surface area contributed by atoms with Crippen LogP contribution in [0.5, 0.6) is 0 Å². The minimum atomic E-state index is -4.97. The van der Waals surface area contributed by atoms with Crippen molar-refractivity contribution in [2.24, 2.45) is 0 Å². The van der Waals surface area contributed by atoms with Crippen molar-refractivity contribution < 1.29 is 36.7 Å². The van der Waals surface area contributed by atoms with Crippen LogP contribution in [0.3, 0.4) is 0 Å². The summed E-state index contributed by atoms with van der Waals surface area (Å²) in [5.74, 6) is 0. The topological polar surface area (TPSA) is 156 Å². The maximum absolute atomic E-state index is 13.3. The van der Waals surface area contributed by atoms with Crippen LogP contribution in [0.2, 0.25) is 0 Å². The van der Waals surface area contributed by atoms with Crippen LogP contribution in [-0.4, -0.2) is 59.2 Å². The van der Waals surface area contributed by atoms with Gasteiger partial charge in [-0.2, -0.15) is 0 Å². The molecule has 13 heteroatoms. The molecule has 0 aliphatic heterocycles. The van der Waals surface area contributed by atoms with Gasteiger partial charge in [-0.25, -0.2) is 17.5 Å². The van der Waals surface area contributed by atoms with E-state index in [9.17, 15) is 32.9 Å². The standard InChI is InChI=1S/C33H60N3O8PS/c1-4-6-8-10-11-12-16-20-27-36(3,26-19-15-9-7-5-2)32(44-45(39,40)41)28-29-22-21-25-31(33(29)35(37)38)34-46(42,43)30-23-17-13-14-18-24-30/h21-22,25,30,32,34H,4-20,23-24,26-28H2,1-3H3,(H-,39,40,41)/p+1. The Morgan fingerprint density at radius 2 is 1.41 bits per heavy atom. The number of likely N-dealkylation sites (N-methyl/N-ethyl adjacent to an activating group) is 1. The van der Waals surface area contributed by atoms with Crippen molar-refractivity contribution in [3.05, 3.63) is 33.9 Å². The lowest BCUT2D eigenvalue weighted by Crippen LogP contribution is -2.55. The monoisotopic (exact) mass is 690 g/mol. The number of para-hydroxylation sites is 1. The second kappa shape index (κ2) is 20.7. The predicted molar refractivity (Wildman–Crippen MR) is 185 cm³/mol. The molecule has 0 amide bonds. The molecule has 0 bridgehead atoms. The third-order valence-corrected chi connectivity index (χ3v) is 11.8. The van der Waals surface area contributed by atoms with Gasteiger partial charge in [-0.05, 0) is 44.6 Å². The molecular weight excluding hydrogens is 629 g/mol. The van der Waals surface area contributed by atoms with Crippen LogP contribution in [-0.2, 0) is 25.5 Å². The van der Waals surface area contributed by atoms with Crippen LogP contribution in [0.4, 0.5) is 11.4 Å². The third-order valence-electron chi connectivity index (χ3n) is 9.44. The largest absolute Gasteiger partial charge is 0.474 e. The first-order valence-electron chi connectivity index (χ1n) is 17.7. The minimum absolute atomic E-state index is 0.126. The number of hydrogen-bond donors (Lipinski definition) is 3. The summed E-state index contributed by atoms with van der Waals surface area (Å²) in [5.41, 5.74) is -0.352. The molecule has 1 aromatic rings. The quantitative estimate of drug-likeness (QED) is 0.0185. The van der Waals surface area contributed by atoms with Crippen LogP contribution in [0.25, 0.3) is 0 Å². The van der Waals surface area contributed by atoms with Gasteiger partial charge in [0.25, 0.3) is 5.69 Å². The average Bonchev–Trinajstić information content (AvgIpc) is 3.28. The fourth-order valence-corrected chi connectivity index (χ4v) is 8.86. The number of anilines is 1. The Morgan fingerprint density at radius 3 is 1.89 bits per heavy atom. The lowest BCUT2D eigenvalue weighted by molar-refractivity contribution is -0.951.